The van der Waals surface area contributed by atoms with E-state index in [2.05, 4.69) is 17.6 Å². The maximum absolute atomic E-state index is 12.5. The third kappa shape index (κ3) is 5.72. The lowest BCUT2D eigenvalue weighted by Gasteiger charge is -2.18. The molecule has 2 aromatic rings. The molecule has 9 nitrogen and oxygen atoms in total. The molecule has 2 aromatic heterocycles. The van der Waals surface area contributed by atoms with Crippen molar-refractivity contribution in [1.82, 2.24) is 5.32 Å². The summed E-state index contributed by atoms with van der Waals surface area (Å²) in [6, 6.07) is 3.00. The molecule has 1 aliphatic rings. The molecule has 31 heavy (non-hydrogen) atoms. The van der Waals surface area contributed by atoms with E-state index < -0.39 is 36.9 Å². The average Bonchev–Trinajstić information content (AvgIpc) is 3.38. The summed E-state index contributed by atoms with van der Waals surface area (Å²) in [6.07, 6.45) is 3.89. The summed E-state index contributed by atoms with van der Waals surface area (Å²) in [5.41, 5.74) is 1.31. The second-order valence-corrected chi connectivity index (χ2v) is 8.25. The molecule has 1 unspecified atom stereocenters. The molecule has 1 atom stereocenters. The highest BCUT2D eigenvalue weighted by Crippen LogP contribution is 2.40. The number of furan rings is 1. The third-order valence-corrected chi connectivity index (χ3v) is 5.92. The highest BCUT2D eigenvalue weighted by molar-refractivity contribution is 7.17. The fourth-order valence-electron chi connectivity index (χ4n) is 3.27. The summed E-state index contributed by atoms with van der Waals surface area (Å²) in [5.74, 6) is -1.83. The molecule has 10 heteroatoms. The molecule has 0 radical (unpaired) electrons. The van der Waals surface area contributed by atoms with Crippen molar-refractivity contribution in [1.29, 1.82) is 0 Å². The number of anilines is 1. The zero-order chi connectivity index (χ0) is 22.4. The van der Waals surface area contributed by atoms with E-state index >= 15 is 0 Å². The van der Waals surface area contributed by atoms with Gasteiger partial charge < -0.3 is 24.5 Å². The van der Waals surface area contributed by atoms with Crippen LogP contribution in [0, 0.1) is 5.92 Å². The SMILES string of the molecule is CCOC(=O)c1c(NC(=O)COC(=O)CNC(=O)c2ccco2)sc2c1CCC(C)C2. The Hall–Kier alpha value is -3.14. The van der Waals surface area contributed by atoms with Gasteiger partial charge in [0, 0.05) is 4.88 Å². The lowest BCUT2D eigenvalue weighted by Crippen LogP contribution is -2.32. The van der Waals surface area contributed by atoms with Crippen molar-refractivity contribution < 1.29 is 33.1 Å². The number of carbonyl (C=O) groups is 4. The predicted molar refractivity (Wildman–Crippen MR) is 112 cm³/mol. The fraction of sp³-hybridized carbons (Fsp3) is 0.429. The number of hydrogen-bond acceptors (Lipinski definition) is 8. The van der Waals surface area contributed by atoms with Crippen molar-refractivity contribution in [3.8, 4) is 0 Å². The van der Waals surface area contributed by atoms with Crippen molar-refractivity contribution in [3.05, 3.63) is 40.2 Å². The second-order valence-electron chi connectivity index (χ2n) is 7.15. The van der Waals surface area contributed by atoms with E-state index in [1.807, 2.05) is 0 Å². The Balaban J connectivity index is 1.56. The lowest BCUT2D eigenvalue weighted by molar-refractivity contribution is -0.146. The highest BCUT2D eigenvalue weighted by Gasteiger charge is 2.29. The Labute approximate surface area is 183 Å². The number of ether oxygens (including phenoxy) is 2. The van der Waals surface area contributed by atoms with Gasteiger partial charge in [-0.3, -0.25) is 14.4 Å². The lowest BCUT2D eigenvalue weighted by atomic mass is 9.88. The van der Waals surface area contributed by atoms with Crippen LogP contribution in [-0.4, -0.2) is 43.5 Å². The van der Waals surface area contributed by atoms with Gasteiger partial charge in [0.2, 0.25) is 0 Å². The molecular formula is C21H24N2O7S. The van der Waals surface area contributed by atoms with Gasteiger partial charge in [0.15, 0.2) is 12.4 Å². The van der Waals surface area contributed by atoms with Gasteiger partial charge in [-0.25, -0.2) is 4.79 Å². The normalized spacial score (nSPS) is 15.0. The van der Waals surface area contributed by atoms with Crippen LogP contribution in [0.15, 0.2) is 22.8 Å². The minimum absolute atomic E-state index is 0.0630. The summed E-state index contributed by atoms with van der Waals surface area (Å²) in [6.45, 7) is 3.15. The van der Waals surface area contributed by atoms with Crippen molar-refractivity contribution in [2.75, 3.05) is 25.1 Å². The number of amides is 2. The van der Waals surface area contributed by atoms with Crippen molar-refractivity contribution >= 4 is 40.1 Å². The monoisotopic (exact) mass is 448 g/mol. The maximum atomic E-state index is 12.5. The minimum atomic E-state index is -0.778. The molecular weight excluding hydrogens is 424 g/mol. The van der Waals surface area contributed by atoms with Gasteiger partial charge in [0.25, 0.3) is 11.8 Å². The van der Waals surface area contributed by atoms with E-state index in [1.165, 1.54) is 23.7 Å². The van der Waals surface area contributed by atoms with Gasteiger partial charge in [-0.1, -0.05) is 6.92 Å². The van der Waals surface area contributed by atoms with Gasteiger partial charge >= 0.3 is 11.9 Å². The number of thiophene rings is 1. The Morgan fingerprint density at radius 3 is 2.77 bits per heavy atom. The molecule has 3 rings (SSSR count). The molecule has 0 spiro atoms. The van der Waals surface area contributed by atoms with Gasteiger partial charge in [-0.05, 0) is 49.8 Å². The van der Waals surface area contributed by atoms with Gasteiger partial charge in [-0.15, -0.1) is 11.3 Å². The first-order valence-electron chi connectivity index (χ1n) is 9.97. The third-order valence-electron chi connectivity index (χ3n) is 4.75. The smallest absolute Gasteiger partial charge is 0.341 e. The predicted octanol–water partition coefficient (Wildman–Crippen LogP) is 2.55. The van der Waals surface area contributed by atoms with Gasteiger partial charge in [0.05, 0.1) is 18.4 Å². The van der Waals surface area contributed by atoms with Crippen LogP contribution in [0.3, 0.4) is 0 Å². The minimum Gasteiger partial charge on any atom is -0.462 e. The highest BCUT2D eigenvalue weighted by atomic mass is 32.1. The second kappa shape index (κ2) is 10.3. The van der Waals surface area contributed by atoms with Crippen LogP contribution in [0.4, 0.5) is 5.00 Å². The number of carbonyl (C=O) groups excluding carboxylic acids is 4. The first-order valence-corrected chi connectivity index (χ1v) is 10.8. The summed E-state index contributed by atoms with van der Waals surface area (Å²) in [7, 11) is 0. The van der Waals surface area contributed by atoms with E-state index in [1.54, 1.807) is 13.0 Å². The largest absolute Gasteiger partial charge is 0.462 e. The first-order chi connectivity index (χ1) is 14.9. The molecule has 0 aliphatic heterocycles. The number of hydrogen-bond donors (Lipinski definition) is 2. The van der Waals surface area contributed by atoms with Crippen LogP contribution in [0.25, 0.3) is 0 Å². The Morgan fingerprint density at radius 1 is 1.26 bits per heavy atom. The summed E-state index contributed by atoms with van der Waals surface area (Å²) in [5, 5.41) is 5.41. The van der Waals surface area contributed by atoms with Crippen LogP contribution in [0.2, 0.25) is 0 Å². The molecule has 2 heterocycles. The fourth-order valence-corrected chi connectivity index (χ4v) is 4.68. The van der Waals surface area contributed by atoms with Crippen molar-refractivity contribution in [2.45, 2.75) is 33.1 Å². The zero-order valence-electron chi connectivity index (χ0n) is 17.3. The van der Waals surface area contributed by atoms with Crippen molar-refractivity contribution in [3.63, 3.8) is 0 Å². The molecule has 0 aromatic carbocycles. The number of esters is 2. The molecule has 2 amide bonds. The van der Waals surface area contributed by atoms with Gasteiger partial charge in [-0.2, -0.15) is 0 Å². The first kappa shape index (κ1) is 22.5. The van der Waals surface area contributed by atoms with E-state index in [9.17, 15) is 19.2 Å². The number of fused-ring (bicyclic) bond motifs is 1. The van der Waals surface area contributed by atoms with Crippen LogP contribution >= 0.6 is 11.3 Å². The van der Waals surface area contributed by atoms with E-state index in [4.69, 9.17) is 13.9 Å². The quantitative estimate of drug-likeness (QED) is 0.595. The molecule has 0 fully saturated rings. The van der Waals surface area contributed by atoms with E-state index in [0.29, 0.717) is 16.5 Å². The maximum Gasteiger partial charge on any atom is 0.341 e. The average molecular weight is 448 g/mol. The number of rotatable bonds is 8. The van der Waals surface area contributed by atoms with Crippen molar-refractivity contribution in [2.24, 2.45) is 5.92 Å². The number of nitrogens with one attached hydrogen (secondary N) is 2. The molecule has 2 N–H and O–H groups in total. The van der Waals surface area contributed by atoms with Crippen LogP contribution in [-0.2, 0) is 31.9 Å². The molecule has 0 saturated carbocycles. The van der Waals surface area contributed by atoms with Crippen LogP contribution in [0.5, 0.6) is 0 Å². The summed E-state index contributed by atoms with van der Waals surface area (Å²) < 4.78 is 15.0. The van der Waals surface area contributed by atoms with Crippen LogP contribution < -0.4 is 10.6 Å². The van der Waals surface area contributed by atoms with E-state index in [-0.39, 0.29) is 12.4 Å². The molecule has 0 saturated heterocycles. The molecule has 166 valence electrons. The Morgan fingerprint density at radius 2 is 2.06 bits per heavy atom. The Kier molecular flexibility index (Phi) is 7.45. The summed E-state index contributed by atoms with van der Waals surface area (Å²) in [4.78, 5) is 49.4. The van der Waals surface area contributed by atoms with E-state index in [0.717, 1.165) is 29.7 Å². The summed E-state index contributed by atoms with van der Waals surface area (Å²) >= 11 is 1.35. The van der Waals surface area contributed by atoms with Gasteiger partial charge in [0.1, 0.15) is 11.5 Å². The molecule has 0 bridgehead atoms. The van der Waals surface area contributed by atoms with Crippen LogP contribution in [0.1, 0.15) is 51.6 Å². The topological polar surface area (TPSA) is 124 Å². The zero-order valence-corrected chi connectivity index (χ0v) is 18.1. The Bertz CT molecular complexity index is 965. The molecule has 1 aliphatic carbocycles. The standard InChI is InChI=1S/C21H24N2O7S/c1-3-28-21(27)18-13-7-6-12(2)9-15(13)31-20(18)23-16(24)11-30-17(25)10-22-19(26)14-5-4-8-29-14/h4-5,8,12H,3,6-7,9-11H2,1-2H3,(H,22,26)(H,23,24).